The van der Waals surface area contributed by atoms with Crippen molar-refractivity contribution in [1.82, 2.24) is 15.1 Å². The van der Waals surface area contributed by atoms with E-state index in [1.165, 1.54) is 5.69 Å². The minimum absolute atomic E-state index is 0.893. The highest BCUT2D eigenvalue weighted by Gasteiger charge is 2.18. The average Bonchev–Trinajstić information content (AvgIpc) is 2.97. The fourth-order valence-electron chi connectivity index (χ4n) is 2.53. The number of nitrogens with one attached hydrogen (secondary N) is 1. The van der Waals surface area contributed by atoms with Crippen molar-refractivity contribution in [3.8, 4) is 0 Å². The van der Waals surface area contributed by atoms with E-state index in [-0.39, 0.29) is 0 Å². The number of hydrogen-bond donors (Lipinski definition) is 1. The normalized spacial score (nSPS) is 16.1. The van der Waals surface area contributed by atoms with Gasteiger partial charge in [0.2, 0.25) is 5.13 Å². The van der Waals surface area contributed by atoms with Crippen molar-refractivity contribution in [3.05, 3.63) is 35.3 Å². The van der Waals surface area contributed by atoms with Crippen LogP contribution in [0.15, 0.2) is 30.3 Å². The Morgan fingerprint density at radius 3 is 2.57 bits per heavy atom. The van der Waals surface area contributed by atoms with Gasteiger partial charge >= 0.3 is 0 Å². The first kappa shape index (κ1) is 14.3. The van der Waals surface area contributed by atoms with Crippen molar-refractivity contribution < 1.29 is 0 Å². The van der Waals surface area contributed by atoms with Gasteiger partial charge in [0.1, 0.15) is 5.01 Å². The number of piperazine rings is 1. The lowest BCUT2D eigenvalue weighted by atomic mass is 10.2. The summed E-state index contributed by atoms with van der Waals surface area (Å²) in [5.41, 5.74) is 1.32. The van der Waals surface area contributed by atoms with Crippen LogP contribution < -0.4 is 10.2 Å². The van der Waals surface area contributed by atoms with Crippen LogP contribution >= 0.6 is 11.3 Å². The van der Waals surface area contributed by atoms with Crippen molar-refractivity contribution in [2.24, 2.45) is 0 Å². The lowest BCUT2D eigenvalue weighted by Gasteiger charge is -2.35. The topological polar surface area (TPSA) is 44.3 Å². The van der Waals surface area contributed by atoms with Gasteiger partial charge in [-0.25, -0.2) is 0 Å². The number of rotatable bonds is 5. The summed E-state index contributed by atoms with van der Waals surface area (Å²) in [6.07, 6.45) is 0. The van der Waals surface area contributed by atoms with Gasteiger partial charge in [-0.2, -0.15) is 0 Å². The number of para-hydroxylation sites is 1. The Kier molecular flexibility index (Phi) is 4.67. The molecule has 1 N–H and O–H groups in total. The zero-order chi connectivity index (χ0) is 14.5. The monoisotopic (exact) mass is 303 g/mol. The first-order chi connectivity index (χ1) is 10.3. The summed E-state index contributed by atoms with van der Waals surface area (Å²) < 4.78 is 0. The molecule has 112 valence electrons. The van der Waals surface area contributed by atoms with Gasteiger partial charge in [0, 0.05) is 38.4 Å². The van der Waals surface area contributed by atoms with Gasteiger partial charge in [0.25, 0.3) is 0 Å². The van der Waals surface area contributed by atoms with Crippen LogP contribution in [0.1, 0.15) is 11.9 Å². The molecule has 0 spiro atoms. The Hall–Kier alpha value is -1.66. The molecule has 3 rings (SSSR count). The summed E-state index contributed by atoms with van der Waals surface area (Å²) in [4.78, 5) is 4.90. The predicted octanol–water partition coefficient (Wildman–Crippen LogP) is 2.29. The molecule has 21 heavy (non-hydrogen) atoms. The largest absolute Gasteiger partial charge is 0.369 e. The van der Waals surface area contributed by atoms with E-state index in [1.54, 1.807) is 11.3 Å². The number of hydrogen-bond acceptors (Lipinski definition) is 6. The smallest absolute Gasteiger partial charge is 0.205 e. The number of anilines is 2. The first-order valence-corrected chi connectivity index (χ1v) is 8.25. The molecule has 0 saturated carbocycles. The molecule has 1 saturated heterocycles. The van der Waals surface area contributed by atoms with Gasteiger partial charge in [-0.3, -0.25) is 4.90 Å². The Morgan fingerprint density at radius 1 is 1.10 bits per heavy atom. The van der Waals surface area contributed by atoms with Gasteiger partial charge in [0.05, 0.1) is 6.54 Å². The second kappa shape index (κ2) is 6.87. The molecule has 6 heteroatoms. The number of benzene rings is 1. The molecule has 0 aliphatic carbocycles. The van der Waals surface area contributed by atoms with E-state index in [1.807, 2.05) is 0 Å². The van der Waals surface area contributed by atoms with Gasteiger partial charge in [-0.15, -0.1) is 10.2 Å². The maximum absolute atomic E-state index is 4.26. The van der Waals surface area contributed by atoms with E-state index in [2.05, 4.69) is 62.6 Å². The van der Waals surface area contributed by atoms with Gasteiger partial charge < -0.3 is 10.2 Å². The van der Waals surface area contributed by atoms with Crippen LogP contribution in [0.25, 0.3) is 0 Å². The molecule has 2 aromatic rings. The summed E-state index contributed by atoms with van der Waals surface area (Å²) in [7, 11) is 0. The van der Waals surface area contributed by atoms with Gasteiger partial charge in [-0.1, -0.05) is 29.5 Å². The van der Waals surface area contributed by atoms with Crippen LogP contribution in [-0.2, 0) is 6.54 Å². The fraction of sp³-hybridized carbons (Fsp3) is 0.467. The van der Waals surface area contributed by atoms with Gasteiger partial charge in [0.15, 0.2) is 0 Å². The van der Waals surface area contributed by atoms with E-state index in [9.17, 15) is 0 Å². The summed E-state index contributed by atoms with van der Waals surface area (Å²) in [5, 5.41) is 13.6. The van der Waals surface area contributed by atoms with Crippen LogP contribution in [0.3, 0.4) is 0 Å². The summed E-state index contributed by atoms with van der Waals surface area (Å²) >= 11 is 1.66. The fourth-order valence-corrected chi connectivity index (χ4v) is 3.38. The maximum Gasteiger partial charge on any atom is 0.205 e. The lowest BCUT2D eigenvalue weighted by Crippen LogP contribution is -2.45. The SMILES string of the molecule is CCNc1nnc(CN2CCN(c3ccccc3)CC2)s1. The third-order valence-electron chi connectivity index (χ3n) is 3.65. The Labute approximate surface area is 129 Å². The van der Waals surface area contributed by atoms with Crippen LogP contribution in [0.2, 0.25) is 0 Å². The molecule has 1 aliphatic heterocycles. The van der Waals surface area contributed by atoms with Crippen LogP contribution in [0.4, 0.5) is 10.8 Å². The third-order valence-corrected chi connectivity index (χ3v) is 4.51. The van der Waals surface area contributed by atoms with Crippen LogP contribution in [-0.4, -0.2) is 47.8 Å². The van der Waals surface area contributed by atoms with Crippen LogP contribution in [0.5, 0.6) is 0 Å². The first-order valence-electron chi connectivity index (χ1n) is 7.44. The van der Waals surface area contributed by atoms with E-state index in [0.717, 1.165) is 49.4 Å². The van der Waals surface area contributed by atoms with Crippen molar-refractivity contribution in [2.75, 3.05) is 42.9 Å². The van der Waals surface area contributed by atoms with E-state index < -0.39 is 0 Å². The van der Waals surface area contributed by atoms with Crippen LogP contribution in [0, 0.1) is 0 Å². The zero-order valence-corrected chi connectivity index (χ0v) is 13.1. The zero-order valence-electron chi connectivity index (χ0n) is 12.3. The molecule has 1 aromatic heterocycles. The Bertz CT molecular complexity index is 548. The molecule has 1 fully saturated rings. The number of aromatic nitrogens is 2. The minimum Gasteiger partial charge on any atom is -0.369 e. The molecular formula is C15H21N5S. The minimum atomic E-state index is 0.893. The van der Waals surface area contributed by atoms with Crippen molar-refractivity contribution in [1.29, 1.82) is 0 Å². The molecular weight excluding hydrogens is 282 g/mol. The summed E-state index contributed by atoms with van der Waals surface area (Å²) in [6, 6.07) is 10.6. The maximum atomic E-state index is 4.26. The van der Waals surface area contributed by atoms with E-state index in [4.69, 9.17) is 0 Å². The summed E-state index contributed by atoms with van der Waals surface area (Å²) in [6.45, 7) is 8.17. The lowest BCUT2D eigenvalue weighted by molar-refractivity contribution is 0.249. The molecule has 2 heterocycles. The standard InChI is InChI=1S/C15H21N5S/c1-2-16-15-18-17-14(21-15)12-19-8-10-20(11-9-19)13-6-4-3-5-7-13/h3-7H,2,8-12H2,1H3,(H,16,18). The van der Waals surface area contributed by atoms with Crippen molar-refractivity contribution in [2.45, 2.75) is 13.5 Å². The number of nitrogens with zero attached hydrogens (tertiary/aromatic N) is 4. The molecule has 1 aromatic carbocycles. The molecule has 0 atom stereocenters. The Morgan fingerprint density at radius 2 is 1.86 bits per heavy atom. The van der Waals surface area contributed by atoms with E-state index >= 15 is 0 Å². The van der Waals surface area contributed by atoms with Crippen molar-refractivity contribution in [3.63, 3.8) is 0 Å². The van der Waals surface area contributed by atoms with Gasteiger partial charge in [-0.05, 0) is 19.1 Å². The average molecular weight is 303 g/mol. The highest BCUT2D eigenvalue weighted by Crippen LogP contribution is 2.19. The van der Waals surface area contributed by atoms with Crippen molar-refractivity contribution >= 4 is 22.2 Å². The Balaban J connectivity index is 1.51. The molecule has 0 radical (unpaired) electrons. The summed E-state index contributed by atoms with van der Waals surface area (Å²) in [5.74, 6) is 0. The second-order valence-corrected chi connectivity index (χ2v) is 6.19. The third kappa shape index (κ3) is 3.71. The highest BCUT2D eigenvalue weighted by atomic mass is 32.1. The molecule has 0 amide bonds. The predicted molar refractivity (Wildman–Crippen MR) is 88.0 cm³/mol. The molecule has 1 aliphatic rings. The molecule has 5 nitrogen and oxygen atoms in total. The highest BCUT2D eigenvalue weighted by molar-refractivity contribution is 7.15. The van der Waals surface area contributed by atoms with E-state index in [0.29, 0.717) is 0 Å². The quantitative estimate of drug-likeness (QED) is 0.918. The molecule has 0 unspecified atom stereocenters. The molecule has 0 bridgehead atoms. The second-order valence-electron chi connectivity index (χ2n) is 5.13.